The van der Waals surface area contributed by atoms with Crippen LogP contribution in [0, 0.1) is 6.92 Å². The van der Waals surface area contributed by atoms with E-state index < -0.39 is 41.1 Å². The van der Waals surface area contributed by atoms with Crippen molar-refractivity contribution in [1.82, 2.24) is 9.88 Å². The number of aromatic nitrogens is 1. The normalized spacial score (nSPS) is 11.2. The minimum absolute atomic E-state index is 0.111. The number of carbonyl (C=O) groups is 3. The number of halogens is 4. The van der Waals surface area contributed by atoms with Gasteiger partial charge in [0.15, 0.2) is 0 Å². The van der Waals surface area contributed by atoms with E-state index in [1.807, 2.05) is 0 Å². The summed E-state index contributed by atoms with van der Waals surface area (Å²) < 4.78 is 43.7. The molecule has 0 fully saturated rings. The largest absolute Gasteiger partial charge is 0.465 e. The Bertz CT molecular complexity index is 1020. The topological polar surface area (TPSA) is 91.5 Å². The first-order chi connectivity index (χ1) is 14.4. The molecule has 168 valence electrons. The number of methoxy groups -OCH3 is 1. The lowest BCUT2D eigenvalue weighted by molar-refractivity contribution is -0.137. The number of esters is 1. The highest BCUT2D eigenvalue weighted by molar-refractivity contribution is 6.31. The molecule has 0 saturated heterocycles. The molecule has 1 aromatic heterocycles. The number of aryl methyl sites for hydroxylation is 1. The molecule has 2 rings (SSSR count). The Hall–Kier alpha value is -3.01. The van der Waals surface area contributed by atoms with Gasteiger partial charge in [0, 0.05) is 18.4 Å². The van der Waals surface area contributed by atoms with Crippen LogP contribution in [0.1, 0.15) is 44.6 Å². The number of amides is 2. The maximum Gasteiger partial charge on any atom is 0.417 e. The number of alkyl halides is 3. The van der Waals surface area contributed by atoms with Crippen molar-refractivity contribution in [2.75, 3.05) is 26.0 Å². The van der Waals surface area contributed by atoms with Crippen molar-refractivity contribution in [2.24, 2.45) is 0 Å². The van der Waals surface area contributed by atoms with Gasteiger partial charge in [-0.3, -0.25) is 9.59 Å². The summed E-state index contributed by atoms with van der Waals surface area (Å²) in [5.74, 6) is -1.86. The van der Waals surface area contributed by atoms with E-state index in [9.17, 15) is 27.6 Å². The van der Waals surface area contributed by atoms with Gasteiger partial charge in [-0.15, -0.1) is 0 Å². The van der Waals surface area contributed by atoms with Crippen LogP contribution in [0.25, 0.3) is 0 Å². The smallest absolute Gasteiger partial charge is 0.417 e. The number of aromatic amines is 1. The summed E-state index contributed by atoms with van der Waals surface area (Å²) in [6.07, 6.45) is -4.23. The van der Waals surface area contributed by atoms with Crippen LogP contribution in [0.5, 0.6) is 0 Å². The number of likely N-dealkylation sites (N-methyl/N-ethyl adjacent to an activating group) is 1. The molecule has 0 unspecified atom stereocenters. The minimum atomic E-state index is -4.68. The molecule has 0 bridgehead atoms. The van der Waals surface area contributed by atoms with E-state index in [1.165, 1.54) is 20.2 Å². The molecule has 0 aliphatic carbocycles. The van der Waals surface area contributed by atoms with Gasteiger partial charge in [0.2, 0.25) is 5.91 Å². The SMILES string of the molecule is CCc1[nH]c(C(=O)N(C)CC(=O)Nc2ccc(Cl)c(C(F)(F)F)c2)c(C)c1C(=O)OC. The second-order valence-corrected chi connectivity index (χ2v) is 7.13. The molecule has 1 aromatic carbocycles. The quantitative estimate of drug-likeness (QED) is 0.637. The van der Waals surface area contributed by atoms with Gasteiger partial charge in [-0.2, -0.15) is 13.2 Å². The maximum atomic E-state index is 13.0. The fourth-order valence-corrected chi connectivity index (χ4v) is 3.24. The number of benzene rings is 1. The van der Waals surface area contributed by atoms with Crippen LogP contribution in [0.15, 0.2) is 18.2 Å². The second kappa shape index (κ2) is 9.42. The third-order valence-electron chi connectivity index (χ3n) is 4.57. The van der Waals surface area contributed by atoms with Crippen LogP contribution in [0.2, 0.25) is 5.02 Å². The van der Waals surface area contributed by atoms with Crippen molar-refractivity contribution in [3.63, 3.8) is 0 Å². The molecule has 0 saturated carbocycles. The van der Waals surface area contributed by atoms with Crippen molar-refractivity contribution < 1.29 is 32.3 Å². The molecule has 7 nitrogen and oxygen atoms in total. The lowest BCUT2D eigenvalue weighted by Crippen LogP contribution is -2.35. The number of anilines is 1. The number of nitrogens with zero attached hydrogens (tertiary/aromatic N) is 1. The number of ether oxygens (including phenoxy) is 1. The Labute approximate surface area is 181 Å². The molecule has 2 N–H and O–H groups in total. The fourth-order valence-electron chi connectivity index (χ4n) is 3.01. The van der Waals surface area contributed by atoms with E-state index in [4.69, 9.17) is 16.3 Å². The summed E-state index contributed by atoms with van der Waals surface area (Å²) >= 11 is 5.56. The van der Waals surface area contributed by atoms with Gasteiger partial charge in [-0.25, -0.2) is 4.79 Å². The van der Waals surface area contributed by atoms with Crippen molar-refractivity contribution >= 4 is 35.1 Å². The van der Waals surface area contributed by atoms with E-state index in [2.05, 4.69) is 10.3 Å². The molecule has 0 radical (unpaired) electrons. The standard InChI is InChI=1S/C20H21ClF3N3O4/c1-5-14-16(19(30)31-4)10(2)17(26-14)18(29)27(3)9-15(28)25-11-6-7-13(21)12(8-11)20(22,23)24/h6-8,26H,5,9H2,1-4H3,(H,25,28). The number of hydrogen-bond acceptors (Lipinski definition) is 4. The molecule has 11 heteroatoms. The predicted molar refractivity (Wildman–Crippen MR) is 108 cm³/mol. The summed E-state index contributed by atoms with van der Waals surface area (Å²) in [7, 11) is 2.59. The van der Waals surface area contributed by atoms with E-state index in [0.717, 1.165) is 11.0 Å². The Balaban J connectivity index is 2.16. The van der Waals surface area contributed by atoms with Crippen molar-refractivity contribution in [2.45, 2.75) is 26.4 Å². The number of rotatable bonds is 6. The molecule has 1 heterocycles. The summed E-state index contributed by atoms with van der Waals surface area (Å²) in [5.41, 5.74) is 0.0889. The summed E-state index contributed by atoms with van der Waals surface area (Å²) in [5, 5.41) is 1.82. The zero-order valence-electron chi connectivity index (χ0n) is 17.2. The molecular weight excluding hydrogens is 439 g/mol. The van der Waals surface area contributed by atoms with Gasteiger partial charge in [-0.05, 0) is 37.1 Å². The minimum Gasteiger partial charge on any atom is -0.465 e. The zero-order valence-corrected chi connectivity index (χ0v) is 18.0. The van der Waals surface area contributed by atoms with Gasteiger partial charge >= 0.3 is 12.1 Å². The molecular formula is C20H21ClF3N3O4. The number of nitrogens with one attached hydrogen (secondary N) is 2. The third-order valence-corrected chi connectivity index (χ3v) is 4.90. The van der Waals surface area contributed by atoms with Crippen LogP contribution < -0.4 is 5.32 Å². The Morgan fingerprint density at radius 3 is 2.45 bits per heavy atom. The van der Waals surface area contributed by atoms with Crippen LogP contribution >= 0.6 is 11.6 Å². The molecule has 2 aromatic rings. The molecule has 0 spiro atoms. The van der Waals surface area contributed by atoms with Crippen LogP contribution in [0.4, 0.5) is 18.9 Å². The second-order valence-electron chi connectivity index (χ2n) is 6.73. The lowest BCUT2D eigenvalue weighted by Gasteiger charge is -2.17. The maximum absolute atomic E-state index is 13.0. The number of carbonyl (C=O) groups excluding carboxylic acids is 3. The number of H-pyrrole nitrogens is 1. The highest BCUT2D eigenvalue weighted by Gasteiger charge is 2.33. The molecule has 0 atom stereocenters. The Morgan fingerprint density at radius 1 is 1.26 bits per heavy atom. The van der Waals surface area contributed by atoms with Gasteiger partial charge in [0.05, 0.1) is 29.8 Å². The Morgan fingerprint density at radius 2 is 1.90 bits per heavy atom. The van der Waals surface area contributed by atoms with Gasteiger partial charge < -0.3 is 19.9 Å². The van der Waals surface area contributed by atoms with E-state index in [0.29, 0.717) is 23.7 Å². The van der Waals surface area contributed by atoms with Gasteiger partial charge in [0.25, 0.3) is 5.91 Å². The Kier molecular flexibility index (Phi) is 7.37. The third kappa shape index (κ3) is 5.38. The van der Waals surface area contributed by atoms with E-state index >= 15 is 0 Å². The summed E-state index contributed by atoms with van der Waals surface area (Å²) in [6.45, 7) is 2.94. The first kappa shape index (κ1) is 24.3. The molecule has 2 amide bonds. The first-order valence-corrected chi connectivity index (χ1v) is 9.50. The summed E-state index contributed by atoms with van der Waals surface area (Å²) in [6, 6.07) is 2.97. The monoisotopic (exact) mass is 459 g/mol. The predicted octanol–water partition coefficient (Wildman–Crippen LogP) is 4.06. The average Bonchev–Trinajstić information content (AvgIpc) is 3.03. The summed E-state index contributed by atoms with van der Waals surface area (Å²) in [4.78, 5) is 41.0. The fraction of sp³-hybridized carbons (Fsp3) is 0.350. The van der Waals surface area contributed by atoms with Crippen LogP contribution in [-0.4, -0.2) is 48.4 Å². The van der Waals surface area contributed by atoms with E-state index in [-0.39, 0.29) is 16.9 Å². The highest BCUT2D eigenvalue weighted by atomic mass is 35.5. The van der Waals surface area contributed by atoms with Gasteiger partial charge in [-0.1, -0.05) is 18.5 Å². The zero-order chi connectivity index (χ0) is 23.5. The average molecular weight is 460 g/mol. The van der Waals surface area contributed by atoms with Crippen LogP contribution in [0.3, 0.4) is 0 Å². The van der Waals surface area contributed by atoms with Crippen molar-refractivity contribution in [3.8, 4) is 0 Å². The molecule has 31 heavy (non-hydrogen) atoms. The highest BCUT2D eigenvalue weighted by Crippen LogP contribution is 2.36. The van der Waals surface area contributed by atoms with Crippen molar-refractivity contribution in [1.29, 1.82) is 0 Å². The first-order valence-electron chi connectivity index (χ1n) is 9.12. The van der Waals surface area contributed by atoms with Gasteiger partial charge in [0.1, 0.15) is 5.69 Å². The lowest BCUT2D eigenvalue weighted by atomic mass is 10.1. The molecule has 0 aliphatic heterocycles. The number of hydrogen-bond donors (Lipinski definition) is 2. The van der Waals surface area contributed by atoms with E-state index in [1.54, 1.807) is 13.8 Å². The van der Waals surface area contributed by atoms with Crippen molar-refractivity contribution in [3.05, 3.63) is 51.3 Å². The molecule has 0 aliphatic rings. The van der Waals surface area contributed by atoms with Crippen LogP contribution in [-0.2, 0) is 22.1 Å².